The van der Waals surface area contributed by atoms with Gasteiger partial charge in [0.2, 0.25) is 0 Å². The van der Waals surface area contributed by atoms with E-state index in [1.165, 1.54) is 42.6 Å². The molecule has 2 bridgehead atoms. The molecule has 192 valence electrons. The lowest BCUT2D eigenvalue weighted by molar-refractivity contribution is -0.0627. The van der Waals surface area contributed by atoms with E-state index in [1.807, 2.05) is 31.1 Å². The van der Waals surface area contributed by atoms with Gasteiger partial charge in [0.15, 0.2) is 5.43 Å². The van der Waals surface area contributed by atoms with Crippen LogP contribution >= 0.6 is 0 Å². The van der Waals surface area contributed by atoms with Crippen molar-refractivity contribution in [2.45, 2.75) is 69.9 Å². The highest BCUT2D eigenvalue weighted by Gasteiger charge is 2.67. The second kappa shape index (κ2) is 8.20. The Morgan fingerprint density at radius 1 is 1.19 bits per heavy atom. The fourth-order valence-corrected chi connectivity index (χ4v) is 8.43. The molecule has 6 rings (SSSR count). The first-order chi connectivity index (χ1) is 17.2. The summed E-state index contributed by atoms with van der Waals surface area (Å²) in [6, 6.07) is 9.46. The number of phenolic OH excluding ortho intramolecular Hbond substituents is 1. The highest BCUT2D eigenvalue weighted by molar-refractivity contribution is 5.92. The highest BCUT2D eigenvalue weighted by atomic mass is 16.3. The minimum atomic E-state index is -0.146. The molecule has 1 N–H and O–H groups in total. The largest absolute Gasteiger partial charge is 0.508 e. The van der Waals surface area contributed by atoms with Crippen molar-refractivity contribution in [3.8, 4) is 5.75 Å². The van der Waals surface area contributed by atoms with Gasteiger partial charge < -0.3 is 14.6 Å². The quantitative estimate of drug-likeness (QED) is 0.691. The molecule has 2 saturated carbocycles. The molecule has 0 spiro atoms. The number of phenols is 1. The lowest BCUT2D eigenvalue weighted by Gasteiger charge is -2.63. The molecule has 1 aromatic carbocycles. The van der Waals surface area contributed by atoms with Gasteiger partial charge in [-0.25, -0.2) is 0 Å². The van der Waals surface area contributed by atoms with E-state index in [2.05, 4.69) is 24.8 Å². The Balaban J connectivity index is 1.41. The van der Waals surface area contributed by atoms with Crippen LogP contribution in [-0.2, 0) is 18.9 Å². The molecule has 5 unspecified atom stereocenters. The molecule has 1 saturated heterocycles. The fourth-order valence-electron chi connectivity index (χ4n) is 8.43. The van der Waals surface area contributed by atoms with Crippen molar-refractivity contribution in [3.63, 3.8) is 0 Å². The summed E-state index contributed by atoms with van der Waals surface area (Å²) in [6.07, 6.45) is 8.70. The van der Waals surface area contributed by atoms with Crippen molar-refractivity contribution in [3.05, 3.63) is 63.6 Å². The maximum atomic E-state index is 13.6. The molecule has 36 heavy (non-hydrogen) atoms. The van der Waals surface area contributed by atoms with Gasteiger partial charge in [0.25, 0.3) is 5.91 Å². The van der Waals surface area contributed by atoms with Crippen LogP contribution in [0.25, 0.3) is 0 Å². The van der Waals surface area contributed by atoms with E-state index in [0.29, 0.717) is 17.5 Å². The standard InChI is InChI=1S/C30H39N3O3/c1-19(32(4)28(36)26-17-23(35)10-13-31(26)3)24-9-11-29(2)27-15-21-7-8-22(34)16-25(21)30(24,29)12-14-33(27)18-20-5-6-20/h7-8,10,13,16-17,19-20,24,27,34H,5-6,9,11-12,14-15,18H2,1-4H3. The molecule has 6 nitrogen and oxygen atoms in total. The third-order valence-corrected chi connectivity index (χ3v) is 10.6. The molecule has 0 radical (unpaired) electrons. The van der Waals surface area contributed by atoms with Gasteiger partial charge in [0.05, 0.1) is 0 Å². The van der Waals surface area contributed by atoms with E-state index in [4.69, 9.17) is 0 Å². The average molecular weight is 490 g/mol. The van der Waals surface area contributed by atoms with Gasteiger partial charge in [-0.2, -0.15) is 0 Å². The number of fused-ring (bicyclic) bond motifs is 1. The maximum absolute atomic E-state index is 13.6. The third-order valence-electron chi connectivity index (χ3n) is 10.6. The zero-order valence-corrected chi connectivity index (χ0v) is 22.0. The van der Waals surface area contributed by atoms with Crippen molar-refractivity contribution < 1.29 is 9.90 Å². The Hall–Kier alpha value is -2.60. The van der Waals surface area contributed by atoms with E-state index < -0.39 is 0 Å². The smallest absolute Gasteiger partial charge is 0.270 e. The van der Waals surface area contributed by atoms with E-state index >= 15 is 0 Å². The summed E-state index contributed by atoms with van der Waals surface area (Å²) in [6.45, 7) is 6.98. The van der Waals surface area contributed by atoms with E-state index in [-0.39, 0.29) is 34.1 Å². The van der Waals surface area contributed by atoms with Crippen LogP contribution in [0.4, 0.5) is 0 Å². The van der Waals surface area contributed by atoms with Crippen molar-refractivity contribution in [2.75, 3.05) is 20.1 Å². The Morgan fingerprint density at radius 2 is 1.97 bits per heavy atom. The summed E-state index contributed by atoms with van der Waals surface area (Å²) in [5.74, 6) is 1.37. The minimum absolute atomic E-state index is 0.00133. The molecule has 6 heteroatoms. The van der Waals surface area contributed by atoms with Gasteiger partial charge in [-0.3, -0.25) is 14.5 Å². The normalized spacial score (nSPS) is 32.0. The number of aromatic hydroxyl groups is 1. The Morgan fingerprint density at radius 3 is 2.72 bits per heavy atom. The zero-order valence-electron chi connectivity index (χ0n) is 22.0. The van der Waals surface area contributed by atoms with E-state index in [1.54, 1.807) is 10.8 Å². The molecule has 2 aromatic rings. The Labute approximate surface area is 213 Å². The van der Waals surface area contributed by atoms with Crippen LogP contribution in [0.15, 0.2) is 41.3 Å². The van der Waals surface area contributed by atoms with Gasteiger partial charge in [0.1, 0.15) is 11.4 Å². The molecular formula is C30H39N3O3. The first-order valence-electron chi connectivity index (χ1n) is 13.7. The summed E-state index contributed by atoms with van der Waals surface area (Å²) in [7, 11) is 3.71. The van der Waals surface area contributed by atoms with Crippen molar-refractivity contribution >= 4 is 5.91 Å². The SMILES string of the molecule is CC(C1CCC2(C)C3Cc4ccc(O)cc4C12CCN3CC1CC1)N(C)C(=O)c1cc(=O)ccn1C. The van der Waals surface area contributed by atoms with Gasteiger partial charge >= 0.3 is 0 Å². The summed E-state index contributed by atoms with van der Waals surface area (Å²) >= 11 is 0. The van der Waals surface area contributed by atoms with Crippen LogP contribution < -0.4 is 5.43 Å². The number of nitrogens with zero attached hydrogens (tertiary/aromatic N) is 3. The minimum Gasteiger partial charge on any atom is -0.508 e. The van der Waals surface area contributed by atoms with Crippen LogP contribution in [0.3, 0.4) is 0 Å². The maximum Gasteiger partial charge on any atom is 0.270 e. The van der Waals surface area contributed by atoms with Crippen LogP contribution in [-0.4, -0.2) is 57.6 Å². The monoisotopic (exact) mass is 489 g/mol. The number of carbonyl (C=O) groups is 1. The molecule has 1 amide bonds. The van der Waals surface area contributed by atoms with Crippen molar-refractivity contribution in [2.24, 2.45) is 24.3 Å². The molecule has 4 aliphatic rings. The number of aryl methyl sites for hydroxylation is 1. The van der Waals surface area contributed by atoms with Crippen LogP contribution in [0, 0.1) is 17.3 Å². The van der Waals surface area contributed by atoms with Gasteiger partial charge in [-0.15, -0.1) is 0 Å². The molecule has 5 atom stereocenters. The number of hydrogen-bond acceptors (Lipinski definition) is 4. The number of rotatable bonds is 5. The molecule has 1 aliphatic heterocycles. The number of likely N-dealkylation sites (tertiary alicyclic amines) is 1. The third kappa shape index (κ3) is 3.33. The number of hydrogen-bond donors (Lipinski definition) is 1. The van der Waals surface area contributed by atoms with Gasteiger partial charge in [0, 0.05) is 56.5 Å². The number of piperidine rings is 1. The Kier molecular flexibility index (Phi) is 5.42. The molecule has 2 heterocycles. The zero-order chi connectivity index (χ0) is 25.4. The van der Waals surface area contributed by atoms with Gasteiger partial charge in [-0.1, -0.05) is 13.0 Å². The summed E-state index contributed by atoms with van der Waals surface area (Å²) in [5, 5.41) is 10.6. The molecule has 1 aromatic heterocycles. The second-order valence-corrected chi connectivity index (χ2v) is 12.3. The number of carbonyl (C=O) groups excluding carboxylic acids is 1. The van der Waals surface area contributed by atoms with Crippen molar-refractivity contribution in [1.29, 1.82) is 0 Å². The predicted octanol–water partition coefficient (Wildman–Crippen LogP) is 3.95. The first kappa shape index (κ1) is 23.8. The Bertz CT molecular complexity index is 1270. The van der Waals surface area contributed by atoms with Crippen LogP contribution in [0.1, 0.15) is 67.6 Å². The van der Waals surface area contributed by atoms with Gasteiger partial charge in [-0.05, 0) is 92.5 Å². The number of pyridine rings is 1. The van der Waals surface area contributed by atoms with Crippen LogP contribution in [0.5, 0.6) is 5.75 Å². The van der Waals surface area contributed by atoms with Crippen molar-refractivity contribution in [1.82, 2.24) is 14.4 Å². The average Bonchev–Trinajstić information content (AvgIpc) is 3.61. The second-order valence-electron chi connectivity index (χ2n) is 12.3. The lowest BCUT2D eigenvalue weighted by Crippen LogP contribution is -2.67. The number of amides is 1. The lowest BCUT2D eigenvalue weighted by atomic mass is 9.48. The topological polar surface area (TPSA) is 65.8 Å². The summed E-state index contributed by atoms with van der Waals surface area (Å²) in [4.78, 5) is 30.3. The molecule has 3 fully saturated rings. The first-order valence-corrected chi connectivity index (χ1v) is 13.7. The fraction of sp³-hybridized carbons (Fsp3) is 0.600. The molecular weight excluding hydrogens is 450 g/mol. The molecule has 3 aliphatic carbocycles. The van der Waals surface area contributed by atoms with E-state index in [9.17, 15) is 14.7 Å². The van der Waals surface area contributed by atoms with Crippen LogP contribution in [0.2, 0.25) is 0 Å². The predicted molar refractivity (Wildman–Crippen MR) is 140 cm³/mol. The highest BCUT2D eigenvalue weighted by Crippen LogP contribution is 2.68. The van der Waals surface area contributed by atoms with E-state index in [0.717, 1.165) is 38.1 Å². The summed E-state index contributed by atoms with van der Waals surface area (Å²) in [5.41, 5.74) is 2.98. The summed E-state index contributed by atoms with van der Waals surface area (Å²) < 4.78 is 1.74. The number of aromatic nitrogens is 1. The number of benzene rings is 1.